The van der Waals surface area contributed by atoms with Gasteiger partial charge in [-0.1, -0.05) is 35.9 Å². The maximum Gasteiger partial charge on any atom is 0.273 e. The summed E-state index contributed by atoms with van der Waals surface area (Å²) in [5.41, 5.74) is 2.75. The lowest BCUT2D eigenvalue weighted by Crippen LogP contribution is -2.44. The summed E-state index contributed by atoms with van der Waals surface area (Å²) in [4.78, 5) is 31.7. The molecule has 0 saturated carbocycles. The van der Waals surface area contributed by atoms with Crippen molar-refractivity contribution in [3.63, 3.8) is 0 Å². The van der Waals surface area contributed by atoms with E-state index in [-0.39, 0.29) is 18.4 Å². The normalized spacial score (nSPS) is 15.4. The smallest absolute Gasteiger partial charge is 0.273 e. The lowest BCUT2D eigenvalue weighted by molar-refractivity contribution is -0.123. The Kier molecular flexibility index (Phi) is 6.01. The first-order valence-corrected chi connectivity index (χ1v) is 10.3. The molecule has 1 atom stereocenters. The van der Waals surface area contributed by atoms with Gasteiger partial charge in [-0.3, -0.25) is 9.59 Å². The molecule has 1 aliphatic rings. The first-order chi connectivity index (χ1) is 15.0. The van der Waals surface area contributed by atoms with Crippen molar-refractivity contribution in [3.8, 4) is 6.07 Å². The lowest BCUT2D eigenvalue weighted by Gasteiger charge is -2.27. The van der Waals surface area contributed by atoms with Gasteiger partial charge >= 0.3 is 0 Å². The molecule has 4 rings (SSSR count). The average molecular weight is 434 g/mol. The van der Waals surface area contributed by atoms with Crippen LogP contribution in [0.1, 0.15) is 33.6 Å². The summed E-state index contributed by atoms with van der Waals surface area (Å²) in [7, 11) is 0. The highest BCUT2D eigenvalue weighted by Gasteiger charge is 2.35. The number of hydrogen-bond donors (Lipinski definition) is 1. The minimum Gasteiger partial charge on any atom is -0.354 e. The molecule has 1 aliphatic heterocycles. The topological polar surface area (TPSA) is 91.0 Å². The summed E-state index contributed by atoms with van der Waals surface area (Å²) in [6.45, 7) is 1.22. The SMILES string of the molecule is N#Cc1ccc(Cn2cncc2C(=O)N(Cc2cccc(Cl)c2)[C@@H]2CCNC2=O)cc1. The van der Waals surface area contributed by atoms with Crippen molar-refractivity contribution in [1.29, 1.82) is 5.26 Å². The minimum atomic E-state index is -0.551. The second-order valence-corrected chi connectivity index (χ2v) is 7.81. The van der Waals surface area contributed by atoms with Crippen molar-refractivity contribution in [1.82, 2.24) is 19.8 Å². The van der Waals surface area contributed by atoms with Gasteiger partial charge < -0.3 is 14.8 Å². The summed E-state index contributed by atoms with van der Waals surface area (Å²) in [6, 6.07) is 16.0. The van der Waals surface area contributed by atoms with E-state index in [2.05, 4.69) is 16.4 Å². The summed E-state index contributed by atoms with van der Waals surface area (Å²) in [6.07, 6.45) is 3.66. The molecule has 0 radical (unpaired) electrons. The van der Waals surface area contributed by atoms with E-state index in [0.29, 0.717) is 35.8 Å². The van der Waals surface area contributed by atoms with Crippen LogP contribution in [-0.4, -0.2) is 38.9 Å². The number of nitrogens with zero attached hydrogens (tertiary/aromatic N) is 4. The van der Waals surface area contributed by atoms with Crippen LogP contribution in [0.4, 0.5) is 0 Å². The Morgan fingerprint density at radius 2 is 2.06 bits per heavy atom. The van der Waals surface area contributed by atoms with Crippen LogP contribution in [0.2, 0.25) is 5.02 Å². The number of nitrogens with one attached hydrogen (secondary N) is 1. The zero-order valence-electron chi connectivity index (χ0n) is 16.7. The number of nitriles is 1. The Balaban J connectivity index is 1.62. The fraction of sp³-hybridized carbons (Fsp3) is 0.217. The van der Waals surface area contributed by atoms with Crippen molar-refractivity contribution in [2.75, 3.05) is 6.54 Å². The van der Waals surface area contributed by atoms with E-state index in [1.165, 1.54) is 6.20 Å². The third kappa shape index (κ3) is 4.60. The number of rotatable bonds is 6. The van der Waals surface area contributed by atoms with Crippen LogP contribution in [0.15, 0.2) is 61.1 Å². The van der Waals surface area contributed by atoms with E-state index in [1.54, 1.807) is 40.1 Å². The van der Waals surface area contributed by atoms with Crippen LogP contribution in [0.25, 0.3) is 0 Å². The van der Waals surface area contributed by atoms with Gasteiger partial charge in [0.25, 0.3) is 5.91 Å². The van der Waals surface area contributed by atoms with Crippen LogP contribution >= 0.6 is 11.6 Å². The minimum absolute atomic E-state index is 0.159. The predicted molar refractivity (Wildman–Crippen MR) is 115 cm³/mol. The molecule has 31 heavy (non-hydrogen) atoms. The van der Waals surface area contributed by atoms with Gasteiger partial charge in [0.05, 0.1) is 24.2 Å². The van der Waals surface area contributed by atoms with Crippen LogP contribution in [0.5, 0.6) is 0 Å². The van der Waals surface area contributed by atoms with Gasteiger partial charge in [0.1, 0.15) is 11.7 Å². The van der Waals surface area contributed by atoms with E-state index in [4.69, 9.17) is 16.9 Å². The van der Waals surface area contributed by atoms with Crippen LogP contribution in [0.3, 0.4) is 0 Å². The number of carbonyl (C=O) groups excluding carboxylic acids is 2. The Morgan fingerprint density at radius 1 is 1.26 bits per heavy atom. The highest BCUT2D eigenvalue weighted by atomic mass is 35.5. The lowest BCUT2D eigenvalue weighted by atomic mass is 10.1. The van der Waals surface area contributed by atoms with E-state index in [9.17, 15) is 9.59 Å². The van der Waals surface area contributed by atoms with Gasteiger partial charge in [-0.25, -0.2) is 4.98 Å². The van der Waals surface area contributed by atoms with Gasteiger partial charge in [0.15, 0.2) is 0 Å². The number of aromatic nitrogens is 2. The number of carbonyl (C=O) groups is 2. The van der Waals surface area contributed by atoms with Gasteiger partial charge in [-0.05, 0) is 41.8 Å². The van der Waals surface area contributed by atoms with E-state index >= 15 is 0 Å². The molecule has 2 amide bonds. The Hall–Kier alpha value is -3.63. The molecule has 0 aliphatic carbocycles. The van der Waals surface area contributed by atoms with E-state index in [0.717, 1.165) is 11.1 Å². The van der Waals surface area contributed by atoms with Gasteiger partial charge in [-0.15, -0.1) is 0 Å². The third-order valence-electron chi connectivity index (χ3n) is 5.27. The first kappa shape index (κ1) is 20.6. The van der Waals surface area contributed by atoms with Crippen molar-refractivity contribution in [3.05, 3.63) is 88.5 Å². The monoisotopic (exact) mass is 433 g/mol. The molecule has 0 bridgehead atoms. The summed E-state index contributed by atoms with van der Waals surface area (Å²) in [5, 5.41) is 12.4. The fourth-order valence-corrected chi connectivity index (χ4v) is 3.90. The molecule has 0 spiro atoms. The quantitative estimate of drug-likeness (QED) is 0.647. The molecule has 8 heteroatoms. The molecule has 1 N–H and O–H groups in total. The number of amides is 2. The van der Waals surface area contributed by atoms with Crippen molar-refractivity contribution in [2.24, 2.45) is 0 Å². The van der Waals surface area contributed by atoms with E-state index < -0.39 is 6.04 Å². The Bertz CT molecular complexity index is 1150. The maximum atomic E-state index is 13.5. The van der Waals surface area contributed by atoms with Crippen LogP contribution < -0.4 is 5.32 Å². The maximum absolute atomic E-state index is 13.5. The van der Waals surface area contributed by atoms with Crippen molar-refractivity contribution >= 4 is 23.4 Å². The molecule has 0 unspecified atom stereocenters. The predicted octanol–water partition coefficient (Wildman–Crippen LogP) is 2.99. The largest absolute Gasteiger partial charge is 0.354 e. The fourth-order valence-electron chi connectivity index (χ4n) is 3.69. The average Bonchev–Trinajstić information content (AvgIpc) is 3.41. The molecule has 1 saturated heterocycles. The Labute approximate surface area is 184 Å². The third-order valence-corrected chi connectivity index (χ3v) is 5.50. The zero-order valence-corrected chi connectivity index (χ0v) is 17.4. The molecular weight excluding hydrogens is 414 g/mol. The summed E-state index contributed by atoms with van der Waals surface area (Å²) < 4.78 is 1.75. The zero-order chi connectivity index (χ0) is 21.8. The van der Waals surface area contributed by atoms with Gasteiger partial charge in [0, 0.05) is 24.7 Å². The molecular formula is C23H20ClN5O2. The second kappa shape index (κ2) is 9.02. The molecule has 156 valence electrons. The Morgan fingerprint density at radius 3 is 2.74 bits per heavy atom. The standard InChI is InChI=1S/C23H20ClN5O2/c24-19-3-1-2-18(10-19)14-29(20-8-9-27-22(20)30)23(31)21-12-26-15-28(21)13-17-6-4-16(11-25)5-7-17/h1-7,10,12,15,20H,8-9,13-14H2,(H,27,30)/t20-/m1/s1. The highest BCUT2D eigenvalue weighted by Crippen LogP contribution is 2.20. The number of halogens is 1. The van der Waals surface area contributed by atoms with Crippen LogP contribution in [-0.2, 0) is 17.9 Å². The van der Waals surface area contributed by atoms with Gasteiger partial charge in [-0.2, -0.15) is 5.26 Å². The highest BCUT2D eigenvalue weighted by molar-refractivity contribution is 6.30. The number of hydrogen-bond acceptors (Lipinski definition) is 4. The number of benzene rings is 2. The summed E-state index contributed by atoms with van der Waals surface area (Å²) >= 11 is 6.12. The number of imidazole rings is 1. The van der Waals surface area contributed by atoms with Crippen molar-refractivity contribution in [2.45, 2.75) is 25.6 Å². The molecule has 1 aromatic heterocycles. The molecule has 1 fully saturated rings. The van der Waals surface area contributed by atoms with Crippen LogP contribution in [0, 0.1) is 11.3 Å². The molecule has 2 aromatic carbocycles. The molecule has 2 heterocycles. The van der Waals surface area contributed by atoms with Crippen molar-refractivity contribution < 1.29 is 9.59 Å². The second-order valence-electron chi connectivity index (χ2n) is 7.37. The van der Waals surface area contributed by atoms with E-state index in [1.807, 2.05) is 24.3 Å². The molecule has 3 aromatic rings. The van der Waals surface area contributed by atoms with Gasteiger partial charge in [0.2, 0.25) is 5.91 Å². The first-order valence-electron chi connectivity index (χ1n) is 9.87. The molecule has 7 nitrogen and oxygen atoms in total. The summed E-state index contributed by atoms with van der Waals surface area (Å²) in [5.74, 6) is -0.429.